The van der Waals surface area contributed by atoms with E-state index in [0.29, 0.717) is 11.4 Å². The molecule has 0 heterocycles. The topological polar surface area (TPSA) is 72.2 Å². The van der Waals surface area contributed by atoms with Gasteiger partial charge in [-0.15, -0.1) is 0 Å². The molecule has 0 aliphatic heterocycles. The van der Waals surface area contributed by atoms with E-state index in [9.17, 15) is 8.42 Å². The summed E-state index contributed by atoms with van der Waals surface area (Å²) < 4.78 is 22.8. The SMILES string of the molecule is CS(=O)(=O)c1ccc(Nc2cccc(CCCN)c2)cc1. The Morgan fingerprint density at radius 3 is 2.38 bits per heavy atom. The summed E-state index contributed by atoms with van der Waals surface area (Å²) in [7, 11) is -3.15. The first-order valence-electron chi connectivity index (χ1n) is 6.85. The molecule has 2 rings (SSSR count). The van der Waals surface area contributed by atoms with Crippen LogP contribution >= 0.6 is 0 Å². The zero-order chi connectivity index (χ0) is 15.3. The third-order valence-corrected chi connectivity index (χ3v) is 4.30. The van der Waals surface area contributed by atoms with Gasteiger partial charge in [0.1, 0.15) is 0 Å². The lowest BCUT2D eigenvalue weighted by Gasteiger charge is -2.09. The average molecular weight is 304 g/mol. The highest BCUT2D eigenvalue weighted by Gasteiger charge is 2.06. The molecule has 0 aliphatic rings. The number of anilines is 2. The van der Waals surface area contributed by atoms with Crippen LogP contribution in [0.1, 0.15) is 12.0 Å². The van der Waals surface area contributed by atoms with Gasteiger partial charge in [-0.2, -0.15) is 0 Å². The van der Waals surface area contributed by atoms with E-state index >= 15 is 0 Å². The van der Waals surface area contributed by atoms with Gasteiger partial charge in [0.05, 0.1) is 4.90 Å². The minimum absolute atomic E-state index is 0.324. The van der Waals surface area contributed by atoms with Gasteiger partial charge in [-0.25, -0.2) is 8.42 Å². The van der Waals surface area contributed by atoms with E-state index in [0.717, 1.165) is 24.2 Å². The van der Waals surface area contributed by atoms with E-state index in [1.165, 1.54) is 11.8 Å². The Bertz CT molecular complexity index is 694. The van der Waals surface area contributed by atoms with Gasteiger partial charge >= 0.3 is 0 Å². The summed E-state index contributed by atoms with van der Waals surface area (Å²) in [5, 5.41) is 3.27. The van der Waals surface area contributed by atoms with Crippen molar-refractivity contribution in [3.8, 4) is 0 Å². The first-order chi connectivity index (χ1) is 9.99. The van der Waals surface area contributed by atoms with Gasteiger partial charge in [0.15, 0.2) is 9.84 Å². The van der Waals surface area contributed by atoms with Gasteiger partial charge in [-0.3, -0.25) is 0 Å². The van der Waals surface area contributed by atoms with Crippen molar-refractivity contribution in [1.29, 1.82) is 0 Å². The number of nitrogens with one attached hydrogen (secondary N) is 1. The van der Waals surface area contributed by atoms with Crippen LogP contribution < -0.4 is 11.1 Å². The van der Waals surface area contributed by atoms with Crippen LogP contribution in [-0.2, 0) is 16.3 Å². The fourth-order valence-corrected chi connectivity index (χ4v) is 2.69. The van der Waals surface area contributed by atoms with E-state index in [2.05, 4.69) is 17.4 Å². The summed E-state index contributed by atoms with van der Waals surface area (Å²) in [6, 6.07) is 14.9. The van der Waals surface area contributed by atoms with Gasteiger partial charge in [0.25, 0.3) is 0 Å². The van der Waals surface area contributed by atoms with Crippen molar-refractivity contribution < 1.29 is 8.42 Å². The number of aryl methyl sites for hydroxylation is 1. The Morgan fingerprint density at radius 2 is 1.76 bits per heavy atom. The molecule has 0 radical (unpaired) electrons. The second kappa shape index (κ2) is 6.74. The number of benzene rings is 2. The maximum Gasteiger partial charge on any atom is 0.175 e. The largest absolute Gasteiger partial charge is 0.356 e. The second-order valence-electron chi connectivity index (χ2n) is 5.01. The summed E-state index contributed by atoms with van der Waals surface area (Å²) in [6.07, 6.45) is 3.13. The number of hydrogen-bond acceptors (Lipinski definition) is 4. The zero-order valence-electron chi connectivity index (χ0n) is 12.0. The Hall–Kier alpha value is -1.85. The summed E-state index contributed by atoms with van der Waals surface area (Å²) in [5.74, 6) is 0. The van der Waals surface area contributed by atoms with Crippen LogP contribution in [0.3, 0.4) is 0 Å². The molecule has 2 aromatic carbocycles. The highest BCUT2D eigenvalue weighted by Crippen LogP contribution is 2.20. The number of nitrogens with two attached hydrogens (primary N) is 1. The molecule has 5 heteroatoms. The molecule has 4 nitrogen and oxygen atoms in total. The molecular formula is C16H20N2O2S. The molecule has 3 N–H and O–H groups in total. The number of sulfone groups is 1. The number of rotatable bonds is 6. The lowest BCUT2D eigenvalue weighted by atomic mass is 10.1. The Kier molecular flexibility index (Phi) is 4.98. The van der Waals surface area contributed by atoms with Crippen molar-refractivity contribution in [2.75, 3.05) is 18.1 Å². The van der Waals surface area contributed by atoms with Crippen LogP contribution in [0.5, 0.6) is 0 Å². The lowest BCUT2D eigenvalue weighted by Crippen LogP contribution is -2.00. The maximum atomic E-state index is 11.4. The van der Waals surface area contributed by atoms with Crippen LogP contribution in [0.4, 0.5) is 11.4 Å². The summed E-state index contributed by atoms with van der Waals surface area (Å²) >= 11 is 0. The number of hydrogen-bond donors (Lipinski definition) is 2. The molecule has 0 amide bonds. The van der Waals surface area contributed by atoms with Crippen LogP contribution in [-0.4, -0.2) is 21.2 Å². The first-order valence-corrected chi connectivity index (χ1v) is 8.74. The quantitative estimate of drug-likeness (QED) is 0.860. The highest BCUT2D eigenvalue weighted by molar-refractivity contribution is 7.90. The molecule has 0 bridgehead atoms. The van der Waals surface area contributed by atoms with E-state index in [-0.39, 0.29) is 0 Å². The molecule has 0 saturated carbocycles. The van der Waals surface area contributed by atoms with E-state index in [1.807, 2.05) is 12.1 Å². The molecule has 0 saturated heterocycles. The minimum Gasteiger partial charge on any atom is -0.356 e. The molecular weight excluding hydrogens is 284 g/mol. The van der Waals surface area contributed by atoms with Gasteiger partial charge < -0.3 is 11.1 Å². The van der Waals surface area contributed by atoms with Gasteiger partial charge in [0.2, 0.25) is 0 Å². The Balaban J connectivity index is 2.11. The average Bonchev–Trinajstić information content (AvgIpc) is 2.45. The minimum atomic E-state index is -3.15. The van der Waals surface area contributed by atoms with Crippen molar-refractivity contribution in [3.05, 3.63) is 54.1 Å². The third-order valence-electron chi connectivity index (χ3n) is 3.17. The van der Waals surface area contributed by atoms with Crippen LogP contribution in [0, 0.1) is 0 Å². The second-order valence-corrected chi connectivity index (χ2v) is 7.03. The fraction of sp³-hybridized carbons (Fsp3) is 0.250. The van der Waals surface area contributed by atoms with Crippen molar-refractivity contribution in [3.63, 3.8) is 0 Å². The van der Waals surface area contributed by atoms with Crippen LogP contribution in [0.2, 0.25) is 0 Å². The Morgan fingerprint density at radius 1 is 1.05 bits per heavy atom. The normalized spacial score (nSPS) is 11.3. The molecule has 112 valence electrons. The summed E-state index contributed by atoms with van der Waals surface area (Å²) in [6.45, 7) is 0.685. The van der Waals surface area contributed by atoms with Gasteiger partial charge in [-0.05, 0) is 61.3 Å². The van der Waals surface area contributed by atoms with Crippen molar-refractivity contribution in [1.82, 2.24) is 0 Å². The molecule has 0 aliphatic carbocycles. The molecule has 0 aromatic heterocycles. The highest BCUT2D eigenvalue weighted by atomic mass is 32.2. The van der Waals surface area contributed by atoms with E-state index in [4.69, 9.17) is 5.73 Å². The van der Waals surface area contributed by atoms with Crippen LogP contribution in [0.15, 0.2) is 53.4 Å². The standard InChI is InChI=1S/C16H20N2O2S/c1-21(19,20)16-9-7-14(8-10-16)18-15-6-2-4-13(12-15)5-3-11-17/h2,4,6-10,12,18H,3,5,11,17H2,1H3. The van der Waals surface area contributed by atoms with E-state index in [1.54, 1.807) is 24.3 Å². The van der Waals surface area contributed by atoms with Crippen molar-refractivity contribution in [2.45, 2.75) is 17.7 Å². The maximum absolute atomic E-state index is 11.4. The van der Waals surface area contributed by atoms with Crippen molar-refractivity contribution >= 4 is 21.2 Å². The predicted octanol–water partition coefficient (Wildman–Crippen LogP) is 2.73. The lowest BCUT2D eigenvalue weighted by molar-refractivity contribution is 0.602. The van der Waals surface area contributed by atoms with Crippen molar-refractivity contribution in [2.24, 2.45) is 5.73 Å². The summed E-state index contributed by atoms with van der Waals surface area (Å²) in [5.41, 5.74) is 8.60. The first kappa shape index (κ1) is 15.5. The van der Waals surface area contributed by atoms with E-state index < -0.39 is 9.84 Å². The fourth-order valence-electron chi connectivity index (χ4n) is 2.06. The molecule has 0 spiro atoms. The van der Waals surface area contributed by atoms with Gasteiger partial charge in [-0.1, -0.05) is 12.1 Å². The molecule has 0 unspecified atom stereocenters. The molecule has 0 fully saturated rings. The van der Waals surface area contributed by atoms with Gasteiger partial charge in [0, 0.05) is 17.6 Å². The predicted molar refractivity (Wildman–Crippen MR) is 86.7 cm³/mol. The Labute approximate surface area is 125 Å². The van der Waals surface area contributed by atoms with Crippen LogP contribution in [0.25, 0.3) is 0 Å². The summed E-state index contributed by atoms with van der Waals surface area (Å²) in [4.78, 5) is 0.324. The smallest absolute Gasteiger partial charge is 0.175 e. The third kappa shape index (κ3) is 4.58. The molecule has 2 aromatic rings. The molecule has 21 heavy (non-hydrogen) atoms. The molecule has 0 atom stereocenters. The monoisotopic (exact) mass is 304 g/mol. The zero-order valence-corrected chi connectivity index (χ0v) is 12.9.